The Morgan fingerprint density at radius 1 is 1.05 bits per heavy atom. The third-order valence-electron chi connectivity index (χ3n) is 4.57. The molecule has 0 amide bonds. The van der Waals surface area contributed by atoms with Crippen LogP contribution in [0.2, 0.25) is 0 Å². The second-order valence-corrected chi connectivity index (χ2v) is 6.68. The lowest BCUT2D eigenvalue weighted by Gasteiger charge is -2.30. The highest BCUT2D eigenvalue weighted by atomic mass is 16.5. The quantitative estimate of drug-likeness (QED) is 0.657. The van der Waals surface area contributed by atoms with Crippen LogP contribution >= 0.6 is 0 Å². The molecule has 0 aliphatic carbocycles. The van der Waals surface area contributed by atoms with Gasteiger partial charge in [0.15, 0.2) is 0 Å². The molecule has 0 saturated heterocycles. The number of hydrogen-bond donors (Lipinski definition) is 0. The van der Waals surface area contributed by atoms with Crippen molar-refractivity contribution in [3.8, 4) is 18.1 Å². The zero-order chi connectivity index (χ0) is 15.4. The van der Waals surface area contributed by atoms with Crippen LogP contribution < -0.4 is 4.74 Å². The highest BCUT2D eigenvalue weighted by Gasteiger charge is 2.26. The molecule has 0 radical (unpaired) electrons. The predicted molar refractivity (Wildman–Crippen MR) is 87.4 cm³/mol. The molecule has 0 N–H and O–H groups in total. The Kier molecular flexibility index (Phi) is 5.28. The molecule has 0 fully saturated rings. The van der Waals surface area contributed by atoms with Gasteiger partial charge in [0.25, 0.3) is 0 Å². The van der Waals surface area contributed by atoms with Crippen molar-refractivity contribution in [3.05, 3.63) is 29.3 Å². The van der Waals surface area contributed by atoms with Gasteiger partial charge >= 0.3 is 0 Å². The van der Waals surface area contributed by atoms with Crippen molar-refractivity contribution < 1.29 is 4.74 Å². The summed E-state index contributed by atoms with van der Waals surface area (Å²) in [6.07, 6.45) is 7.49. The van der Waals surface area contributed by atoms with Crippen LogP contribution in [0.25, 0.3) is 0 Å². The first-order valence-corrected chi connectivity index (χ1v) is 7.49. The smallest absolute Gasteiger partial charge is 0.148 e. The molecule has 0 heterocycles. The van der Waals surface area contributed by atoms with E-state index >= 15 is 0 Å². The standard InChI is InChI=1S/C19H28O/c1-8-13-20-17-12-11-15(18(4,5)9-2)14-16(17)19(6,7)10-3/h1,11-12,14H,9-10,13H2,2-7H3. The van der Waals surface area contributed by atoms with Crippen LogP contribution in [-0.4, -0.2) is 6.61 Å². The normalized spacial score (nSPS) is 12.1. The van der Waals surface area contributed by atoms with E-state index in [0.717, 1.165) is 18.6 Å². The van der Waals surface area contributed by atoms with E-state index in [4.69, 9.17) is 11.2 Å². The average Bonchev–Trinajstić information content (AvgIpc) is 2.44. The second kappa shape index (κ2) is 6.35. The van der Waals surface area contributed by atoms with Gasteiger partial charge in [0.2, 0.25) is 0 Å². The molecule has 0 aliphatic heterocycles. The summed E-state index contributed by atoms with van der Waals surface area (Å²) in [5, 5.41) is 0. The Labute approximate surface area is 124 Å². The fourth-order valence-corrected chi connectivity index (χ4v) is 2.12. The number of ether oxygens (including phenoxy) is 1. The van der Waals surface area contributed by atoms with Gasteiger partial charge in [0.1, 0.15) is 12.4 Å². The van der Waals surface area contributed by atoms with Gasteiger partial charge < -0.3 is 4.74 Å². The summed E-state index contributed by atoms with van der Waals surface area (Å²) in [6, 6.07) is 6.56. The lowest BCUT2D eigenvalue weighted by molar-refractivity contribution is 0.351. The lowest BCUT2D eigenvalue weighted by atomic mass is 9.76. The van der Waals surface area contributed by atoms with Crippen LogP contribution in [-0.2, 0) is 10.8 Å². The van der Waals surface area contributed by atoms with Gasteiger partial charge in [-0.25, -0.2) is 0 Å². The van der Waals surface area contributed by atoms with E-state index in [2.05, 4.69) is 65.7 Å². The van der Waals surface area contributed by atoms with E-state index < -0.39 is 0 Å². The lowest BCUT2D eigenvalue weighted by Crippen LogP contribution is -2.21. The Morgan fingerprint density at radius 3 is 2.15 bits per heavy atom. The molecule has 1 rings (SSSR count). The summed E-state index contributed by atoms with van der Waals surface area (Å²) in [6.45, 7) is 13.8. The third kappa shape index (κ3) is 3.57. The maximum Gasteiger partial charge on any atom is 0.148 e. The summed E-state index contributed by atoms with van der Waals surface area (Å²) < 4.78 is 5.74. The van der Waals surface area contributed by atoms with Gasteiger partial charge in [-0.15, -0.1) is 6.42 Å². The Morgan fingerprint density at radius 2 is 1.65 bits per heavy atom. The Bertz CT molecular complexity index is 489. The van der Waals surface area contributed by atoms with Crippen molar-refractivity contribution in [2.24, 2.45) is 0 Å². The minimum Gasteiger partial charge on any atom is -0.481 e. The SMILES string of the molecule is C#CCOc1ccc(C(C)(C)CC)cc1C(C)(C)CC. The van der Waals surface area contributed by atoms with Crippen molar-refractivity contribution in [2.75, 3.05) is 6.61 Å². The van der Waals surface area contributed by atoms with Crippen LogP contribution in [0.1, 0.15) is 65.5 Å². The third-order valence-corrected chi connectivity index (χ3v) is 4.57. The zero-order valence-corrected chi connectivity index (χ0v) is 13.8. The van der Waals surface area contributed by atoms with E-state index in [1.807, 2.05) is 0 Å². The minimum absolute atomic E-state index is 0.0871. The molecule has 0 aliphatic rings. The van der Waals surface area contributed by atoms with E-state index in [1.54, 1.807) is 0 Å². The van der Waals surface area contributed by atoms with Crippen LogP contribution in [0.5, 0.6) is 5.75 Å². The zero-order valence-electron chi connectivity index (χ0n) is 13.8. The molecular weight excluding hydrogens is 244 g/mol. The summed E-state index contributed by atoms with van der Waals surface area (Å²) in [5.74, 6) is 3.47. The van der Waals surface area contributed by atoms with Crippen molar-refractivity contribution in [2.45, 2.75) is 65.2 Å². The Hall–Kier alpha value is -1.42. The first-order chi connectivity index (χ1) is 9.28. The molecule has 0 bridgehead atoms. The highest BCUT2D eigenvalue weighted by molar-refractivity contribution is 5.44. The maximum atomic E-state index is 5.74. The fourth-order valence-electron chi connectivity index (χ4n) is 2.12. The number of hydrogen-bond acceptors (Lipinski definition) is 1. The summed E-state index contributed by atoms with van der Waals surface area (Å²) in [5.41, 5.74) is 2.89. The molecule has 110 valence electrons. The molecule has 1 aromatic carbocycles. The molecule has 0 atom stereocenters. The first-order valence-electron chi connectivity index (χ1n) is 7.49. The van der Waals surface area contributed by atoms with Gasteiger partial charge in [-0.05, 0) is 35.3 Å². The summed E-state index contributed by atoms with van der Waals surface area (Å²) >= 11 is 0. The van der Waals surface area contributed by atoms with Crippen LogP contribution in [0.4, 0.5) is 0 Å². The van der Waals surface area contributed by atoms with Gasteiger partial charge in [-0.2, -0.15) is 0 Å². The molecule has 1 aromatic rings. The molecule has 0 saturated carbocycles. The van der Waals surface area contributed by atoms with E-state index in [0.29, 0.717) is 6.61 Å². The van der Waals surface area contributed by atoms with Gasteiger partial charge in [0.05, 0.1) is 0 Å². The van der Waals surface area contributed by atoms with Gasteiger partial charge in [-0.3, -0.25) is 0 Å². The van der Waals surface area contributed by atoms with Crippen molar-refractivity contribution in [1.82, 2.24) is 0 Å². The predicted octanol–water partition coefficient (Wildman–Crippen LogP) is 5.07. The summed E-state index contributed by atoms with van der Waals surface area (Å²) in [7, 11) is 0. The minimum atomic E-state index is 0.0871. The molecule has 20 heavy (non-hydrogen) atoms. The van der Waals surface area contributed by atoms with E-state index in [-0.39, 0.29) is 10.8 Å². The number of rotatable bonds is 6. The monoisotopic (exact) mass is 272 g/mol. The first kappa shape index (κ1) is 16.6. The summed E-state index contributed by atoms with van der Waals surface area (Å²) in [4.78, 5) is 0. The fraction of sp³-hybridized carbons (Fsp3) is 0.579. The average molecular weight is 272 g/mol. The molecule has 1 heteroatoms. The van der Waals surface area contributed by atoms with E-state index in [9.17, 15) is 0 Å². The van der Waals surface area contributed by atoms with Crippen molar-refractivity contribution in [1.29, 1.82) is 0 Å². The van der Waals surface area contributed by atoms with Gasteiger partial charge in [-0.1, -0.05) is 59.6 Å². The van der Waals surface area contributed by atoms with Crippen molar-refractivity contribution >= 4 is 0 Å². The van der Waals surface area contributed by atoms with Gasteiger partial charge in [0, 0.05) is 5.56 Å². The molecule has 1 nitrogen and oxygen atoms in total. The van der Waals surface area contributed by atoms with Crippen LogP contribution in [0, 0.1) is 12.3 Å². The molecular formula is C19H28O. The second-order valence-electron chi connectivity index (χ2n) is 6.68. The maximum absolute atomic E-state index is 5.74. The van der Waals surface area contributed by atoms with Crippen molar-refractivity contribution in [3.63, 3.8) is 0 Å². The molecule has 0 aromatic heterocycles. The highest BCUT2D eigenvalue weighted by Crippen LogP contribution is 2.38. The Balaban J connectivity index is 3.33. The number of benzene rings is 1. The topological polar surface area (TPSA) is 9.23 Å². The molecule has 0 spiro atoms. The molecule has 0 unspecified atom stereocenters. The van der Waals surface area contributed by atoms with Crippen LogP contribution in [0.15, 0.2) is 18.2 Å². The largest absolute Gasteiger partial charge is 0.481 e. The van der Waals surface area contributed by atoms with E-state index in [1.165, 1.54) is 11.1 Å². The van der Waals surface area contributed by atoms with Crippen LogP contribution in [0.3, 0.4) is 0 Å². The number of terminal acetylenes is 1.